The van der Waals surface area contributed by atoms with Gasteiger partial charge in [-0.15, -0.1) is 0 Å². The Balaban J connectivity index is 3.80. The molecule has 0 spiro atoms. The minimum atomic E-state index is -0.0136. The van der Waals surface area contributed by atoms with Gasteiger partial charge in [-0.05, 0) is 12.8 Å². The van der Waals surface area contributed by atoms with Gasteiger partial charge in [0.1, 0.15) is 0 Å². The van der Waals surface area contributed by atoms with E-state index >= 15 is 0 Å². The molecule has 2 amide bonds. The standard InChI is InChI=1S/C16H35N3O/c1-5-7-9-11-15(12-10-8-6-2)17-13-14-18-16(20)19(3)4/h15,17H,5-14H2,1-4H3,(H,18,20). The monoisotopic (exact) mass is 285 g/mol. The molecule has 20 heavy (non-hydrogen) atoms. The zero-order valence-electron chi connectivity index (χ0n) is 14.0. The number of urea groups is 1. The molecule has 0 atom stereocenters. The molecule has 120 valence electrons. The predicted octanol–water partition coefficient (Wildman–Crippen LogP) is 3.38. The quantitative estimate of drug-likeness (QED) is 0.540. The highest BCUT2D eigenvalue weighted by Crippen LogP contribution is 2.10. The zero-order valence-corrected chi connectivity index (χ0v) is 14.0. The van der Waals surface area contributed by atoms with Gasteiger partial charge in [0.2, 0.25) is 0 Å². The summed E-state index contributed by atoms with van der Waals surface area (Å²) in [5.41, 5.74) is 0. The lowest BCUT2D eigenvalue weighted by molar-refractivity contribution is 0.217. The summed E-state index contributed by atoms with van der Waals surface area (Å²) in [6.45, 7) is 6.06. The normalized spacial score (nSPS) is 10.8. The summed E-state index contributed by atoms with van der Waals surface area (Å²) >= 11 is 0. The van der Waals surface area contributed by atoms with Crippen molar-refractivity contribution in [3.05, 3.63) is 0 Å². The number of nitrogens with zero attached hydrogens (tertiary/aromatic N) is 1. The molecule has 0 rings (SSSR count). The number of nitrogens with one attached hydrogen (secondary N) is 2. The van der Waals surface area contributed by atoms with Crippen molar-refractivity contribution in [1.29, 1.82) is 0 Å². The van der Waals surface area contributed by atoms with Crippen LogP contribution in [-0.2, 0) is 0 Å². The first-order valence-corrected chi connectivity index (χ1v) is 8.30. The number of unbranched alkanes of at least 4 members (excludes halogenated alkanes) is 4. The maximum absolute atomic E-state index is 11.4. The smallest absolute Gasteiger partial charge is 0.316 e. The van der Waals surface area contributed by atoms with E-state index in [1.54, 1.807) is 19.0 Å². The van der Waals surface area contributed by atoms with Gasteiger partial charge >= 0.3 is 6.03 Å². The Morgan fingerprint density at radius 1 is 0.950 bits per heavy atom. The van der Waals surface area contributed by atoms with Crippen LogP contribution >= 0.6 is 0 Å². The lowest BCUT2D eigenvalue weighted by atomic mass is 10.0. The van der Waals surface area contributed by atoms with Crippen LogP contribution in [0.4, 0.5) is 4.79 Å². The SMILES string of the molecule is CCCCCC(CCCCC)NCCNC(=O)N(C)C. The Morgan fingerprint density at radius 3 is 1.95 bits per heavy atom. The molecule has 0 aliphatic heterocycles. The molecular weight excluding hydrogens is 250 g/mol. The molecule has 2 N–H and O–H groups in total. The van der Waals surface area contributed by atoms with Gasteiger partial charge in [-0.25, -0.2) is 4.79 Å². The van der Waals surface area contributed by atoms with Crippen LogP contribution < -0.4 is 10.6 Å². The van der Waals surface area contributed by atoms with Gasteiger partial charge in [0.15, 0.2) is 0 Å². The van der Waals surface area contributed by atoms with Gasteiger partial charge in [-0.1, -0.05) is 52.4 Å². The molecule has 0 saturated carbocycles. The Hall–Kier alpha value is -0.770. The van der Waals surface area contributed by atoms with Crippen molar-refractivity contribution in [3.63, 3.8) is 0 Å². The van der Waals surface area contributed by atoms with Crippen LogP contribution in [0.1, 0.15) is 65.2 Å². The van der Waals surface area contributed by atoms with Gasteiger partial charge in [0.05, 0.1) is 0 Å². The third-order valence-electron chi connectivity index (χ3n) is 3.55. The lowest BCUT2D eigenvalue weighted by Gasteiger charge is -2.19. The van der Waals surface area contributed by atoms with Crippen molar-refractivity contribution >= 4 is 6.03 Å². The maximum Gasteiger partial charge on any atom is 0.316 e. The van der Waals surface area contributed by atoms with Crippen LogP contribution in [-0.4, -0.2) is 44.2 Å². The Morgan fingerprint density at radius 2 is 1.50 bits per heavy atom. The molecule has 0 aliphatic carbocycles. The minimum absolute atomic E-state index is 0.0136. The molecule has 0 aromatic carbocycles. The van der Waals surface area contributed by atoms with Gasteiger partial charge < -0.3 is 15.5 Å². The summed E-state index contributed by atoms with van der Waals surface area (Å²) in [5, 5.41) is 6.50. The van der Waals surface area contributed by atoms with E-state index < -0.39 is 0 Å². The largest absolute Gasteiger partial charge is 0.337 e. The van der Waals surface area contributed by atoms with Crippen LogP contribution in [0.25, 0.3) is 0 Å². The second kappa shape index (κ2) is 13.2. The molecule has 0 saturated heterocycles. The number of rotatable bonds is 12. The van der Waals surface area contributed by atoms with Crippen LogP contribution in [0.15, 0.2) is 0 Å². The molecule has 0 aliphatic rings. The lowest BCUT2D eigenvalue weighted by Crippen LogP contribution is -2.40. The number of amides is 2. The molecule has 4 nitrogen and oxygen atoms in total. The fourth-order valence-electron chi connectivity index (χ4n) is 2.23. The summed E-state index contributed by atoms with van der Waals surface area (Å²) in [4.78, 5) is 13.0. The van der Waals surface area contributed by atoms with Gasteiger partial charge in [0.25, 0.3) is 0 Å². The van der Waals surface area contributed by atoms with Gasteiger partial charge in [-0.3, -0.25) is 0 Å². The summed E-state index contributed by atoms with van der Waals surface area (Å²) < 4.78 is 0. The average molecular weight is 285 g/mol. The third-order valence-corrected chi connectivity index (χ3v) is 3.55. The van der Waals surface area contributed by atoms with Gasteiger partial charge in [-0.2, -0.15) is 0 Å². The molecule has 0 aromatic rings. The van der Waals surface area contributed by atoms with E-state index in [0.29, 0.717) is 12.6 Å². The highest BCUT2D eigenvalue weighted by atomic mass is 16.2. The Kier molecular flexibility index (Phi) is 12.7. The van der Waals surface area contributed by atoms with E-state index in [2.05, 4.69) is 24.5 Å². The van der Waals surface area contributed by atoms with Gasteiger partial charge in [0, 0.05) is 33.2 Å². The van der Waals surface area contributed by atoms with E-state index in [1.807, 2.05) is 0 Å². The fourth-order valence-corrected chi connectivity index (χ4v) is 2.23. The Labute approximate surface area is 125 Å². The van der Waals surface area contributed by atoms with Crippen LogP contribution in [0.2, 0.25) is 0 Å². The number of carbonyl (C=O) groups is 1. The van der Waals surface area contributed by atoms with Crippen molar-refractivity contribution in [2.45, 2.75) is 71.3 Å². The van der Waals surface area contributed by atoms with E-state index in [1.165, 1.54) is 51.4 Å². The minimum Gasteiger partial charge on any atom is -0.337 e. The number of carbonyl (C=O) groups excluding carboxylic acids is 1. The first kappa shape index (κ1) is 19.2. The first-order chi connectivity index (χ1) is 9.61. The first-order valence-electron chi connectivity index (χ1n) is 8.30. The van der Waals surface area contributed by atoms with E-state index in [9.17, 15) is 4.79 Å². The molecule has 0 aromatic heterocycles. The van der Waals surface area contributed by atoms with Crippen molar-refractivity contribution in [2.75, 3.05) is 27.2 Å². The number of hydrogen-bond acceptors (Lipinski definition) is 2. The van der Waals surface area contributed by atoms with Crippen LogP contribution in [0.5, 0.6) is 0 Å². The summed E-state index contributed by atoms with van der Waals surface area (Å²) in [5.74, 6) is 0. The van der Waals surface area contributed by atoms with E-state index in [0.717, 1.165) is 6.54 Å². The maximum atomic E-state index is 11.4. The highest BCUT2D eigenvalue weighted by molar-refractivity contribution is 5.73. The van der Waals surface area contributed by atoms with Crippen LogP contribution in [0.3, 0.4) is 0 Å². The second-order valence-electron chi connectivity index (χ2n) is 5.77. The predicted molar refractivity (Wildman–Crippen MR) is 87.2 cm³/mol. The summed E-state index contributed by atoms with van der Waals surface area (Å²) in [6.07, 6.45) is 10.3. The fraction of sp³-hybridized carbons (Fsp3) is 0.938. The summed E-state index contributed by atoms with van der Waals surface area (Å²) in [6, 6.07) is 0.602. The number of hydrogen-bond donors (Lipinski definition) is 2. The molecule has 0 fully saturated rings. The molecule has 0 radical (unpaired) electrons. The third kappa shape index (κ3) is 11.1. The van der Waals surface area contributed by atoms with Crippen LogP contribution in [0, 0.1) is 0 Å². The molecule has 0 heterocycles. The molecular formula is C16H35N3O. The molecule has 4 heteroatoms. The Bertz CT molecular complexity index is 222. The second-order valence-corrected chi connectivity index (χ2v) is 5.77. The van der Waals surface area contributed by atoms with E-state index in [-0.39, 0.29) is 6.03 Å². The van der Waals surface area contributed by atoms with Crippen molar-refractivity contribution < 1.29 is 4.79 Å². The average Bonchev–Trinajstić information content (AvgIpc) is 2.42. The van der Waals surface area contributed by atoms with Crippen molar-refractivity contribution in [1.82, 2.24) is 15.5 Å². The van der Waals surface area contributed by atoms with Crippen molar-refractivity contribution in [2.24, 2.45) is 0 Å². The van der Waals surface area contributed by atoms with E-state index in [4.69, 9.17) is 0 Å². The zero-order chi connectivity index (χ0) is 15.2. The van der Waals surface area contributed by atoms with Crippen molar-refractivity contribution in [3.8, 4) is 0 Å². The topological polar surface area (TPSA) is 44.4 Å². The molecule has 0 bridgehead atoms. The highest BCUT2D eigenvalue weighted by Gasteiger charge is 2.08. The molecule has 0 unspecified atom stereocenters. The summed E-state index contributed by atoms with van der Waals surface area (Å²) in [7, 11) is 3.53.